The molecule has 0 aliphatic heterocycles. The zero-order valence-corrected chi connectivity index (χ0v) is 19.2. The molecule has 0 aliphatic carbocycles. The fourth-order valence-electron chi connectivity index (χ4n) is 2.73. The Balaban J connectivity index is 1.65. The predicted molar refractivity (Wildman–Crippen MR) is 118 cm³/mol. The molecule has 0 amide bonds. The maximum atomic E-state index is 11.9. The van der Waals surface area contributed by atoms with Crippen molar-refractivity contribution in [2.45, 2.75) is 51.7 Å². The van der Waals surface area contributed by atoms with Gasteiger partial charge in [0.25, 0.3) is 0 Å². The lowest BCUT2D eigenvalue weighted by Crippen LogP contribution is -2.19. The number of benzene rings is 2. The van der Waals surface area contributed by atoms with Crippen molar-refractivity contribution in [2.75, 3.05) is 13.2 Å². The lowest BCUT2D eigenvalue weighted by Gasteiger charge is -2.20. The van der Waals surface area contributed by atoms with Gasteiger partial charge in [-0.15, -0.1) is 0 Å². The summed E-state index contributed by atoms with van der Waals surface area (Å²) >= 11 is 0. The molecule has 2 aromatic carbocycles. The molecule has 0 unspecified atom stereocenters. The zero-order chi connectivity index (χ0) is 24.5. The van der Waals surface area contributed by atoms with E-state index in [0.29, 0.717) is 11.5 Å². The monoisotopic (exact) mass is 462 g/mol. The van der Waals surface area contributed by atoms with Crippen LogP contribution in [0.1, 0.15) is 51.7 Å². The first-order chi connectivity index (χ1) is 15.6. The van der Waals surface area contributed by atoms with Crippen molar-refractivity contribution in [2.24, 2.45) is 0 Å². The molecule has 2 rings (SSSR count). The van der Waals surface area contributed by atoms with E-state index in [0.717, 1.165) is 11.1 Å². The van der Waals surface area contributed by atoms with Gasteiger partial charge in [0.15, 0.2) is 0 Å². The van der Waals surface area contributed by atoms with Crippen molar-refractivity contribution in [3.63, 3.8) is 0 Å². The van der Waals surface area contributed by atoms with E-state index in [2.05, 4.69) is 9.78 Å². The van der Waals surface area contributed by atoms with Crippen LogP contribution in [0.3, 0.4) is 0 Å². The van der Waals surface area contributed by atoms with E-state index in [1.165, 1.54) is 0 Å². The first-order valence-corrected chi connectivity index (χ1v) is 10.4. The van der Waals surface area contributed by atoms with Gasteiger partial charge in [-0.05, 0) is 63.1 Å². The van der Waals surface area contributed by atoms with Gasteiger partial charge in [0.1, 0.15) is 22.7 Å². The summed E-state index contributed by atoms with van der Waals surface area (Å²) in [5.41, 5.74) is -0.294. The molecule has 0 saturated carbocycles. The summed E-state index contributed by atoms with van der Waals surface area (Å²) in [6.45, 7) is 7.00. The SMILES string of the molecule is CC(C)(OO)c1ccc(OC(=O)CCOCCC(=O)Oc2ccc(C(C)(C)OO)cc2)cc1. The summed E-state index contributed by atoms with van der Waals surface area (Å²) in [6.07, 6.45) is 0.0401. The van der Waals surface area contributed by atoms with E-state index in [1.54, 1.807) is 76.2 Å². The van der Waals surface area contributed by atoms with Crippen molar-refractivity contribution in [1.29, 1.82) is 0 Å². The Morgan fingerprint density at radius 3 is 1.30 bits per heavy atom. The molecular weight excluding hydrogens is 432 g/mol. The first-order valence-electron chi connectivity index (χ1n) is 10.4. The van der Waals surface area contributed by atoms with Crippen molar-refractivity contribution in [1.82, 2.24) is 0 Å². The van der Waals surface area contributed by atoms with Crippen LogP contribution in [0.5, 0.6) is 11.5 Å². The predicted octanol–water partition coefficient (Wildman–Crippen LogP) is 4.44. The minimum absolute atomic E-state index is 0.0201. The van der Waals surface area contributed by atoms with Crippen molar-refractivity contribution in [3.05, 3.63) is 59.7 Å². The van der Waals surface area contributed by atoms with Crippen molar-refractivity contribution in [3.8, 4) is 11.5 Å². The Kier molecular flexibility index (Phi) is 9.51. The van der Waals surface area contributed by atoms with Crippen molar-refractivity contribution < 1.29 is 44.1 Å². The standard InChI is InChI=1S/C24H30O9/c1-23(2,32-27)17-5-9-19(10-6-17)30-21(25)13-15-29-16-14-22(26)31-20-11-7-18(8-12-20)24(3,4)33-28/h5-12,27-28H,13-16H2,1-4H3. The van der Waals surface area contributed by atoms with Crippen molar-refractivity contribution >= 4 is 11.9 Å². The number of ether oxygens (including phenoxy) is 3. The Bertz CT molecular complexity index is 827. The van der Waals surface area contributed by atoms with Gasteiger partial charge in [0.2, 0.25) is 0 Å². The maximum absolute atomic E-state index is 11.9. The third kappa shape index (κ3) is 8.23. The average molecular weight is 462 g/mol. The number of esters is 2. The van der Waals surface area contributed by atoms with Gasteiger partial charge in [0, 0.05) is 0 Å². The lowest BCUT2D eigenvalue weighted by atomic mass is 9.98. The number of rotatable bonds is 12. The minimum atomic E-state index is -0.868. The number of hydrogen-bond acceptors (Lipinski definition) is 9. The molecule has 0 atom stereocenters. The van der Waals surface area contributed by atoms with Gasteiger partial charge >= 0.3 is 11.9 Å². The second kappa shape index (κ2) is 11.9. The molecule has 0 spiro atoms. The summed E-state index contributed by atoms with van der Waals surface area (Å²) in [4.78, 5) is 32.7. The second-order valence-electron chi connectivity index (χ2n) is 8.31. The largest absolute Gasteiger partial charge is 0.426 e. The molecule has 33 heavy (non-hydrogen) atoms. The molecule has 0 aliphatic rings. The summed E-state index contributed by atoms with van der Waals surface area (Å²) in [5.74, 6) is -0.224. The van der Waals surface area contributed by atoms with E-state index in [9.17, 15) is 9.59 Å². The van der Waals surface area contributed by atoms with E-state index >= 15 is 0 Å². The second-order valence-corrected chi connectivity index (χ2v) is 8.31. The van der Waals surface area contributed by atoms with Crippen LogP contribution in [0.25, 0.3) is 0 Å². The fourth-order valence-corrected chi connectivity index (χ4v) is 2.73. The maximum Gasteiger partial charge on any atom is 0.313 e. The molecule has 2 aromatic rings. The van der Waals surface area contributed by atoms with Gasteiger partial charge < -0.3 is 14.2 Å². The Hall–Kier alpha value is -2.82. The number of hydrogen-bond donors (Lipinski definition) is 2. The van der Waals surface area contributed by atoms with E-state index in [1.807, 2.05) is 0 Å². The van der Waals surface area contributed by atoms with Gasteiger partial charge in [-0.1, -0.05) is 24.3 Å². The molecule has 9 heteroatoms. The van der Waals surface area contributed by atoms with Crippen LogP contribution < -0.4 is 9.47 Å². The minimum Gasteiger partial charge on any atom is -0.426 e. The topological polar surface area (TPSA) is 121 Å². The Morgan fingerprint density at radius 1 is 0.667 bits per heavy atom. The van der Waals surface area contributed by atoms with Crippen LogP contribution in [0.4, 0.5) is 0 Å². The van der Waals surface area contributed by atoms with Crippen LogP contribution in [0.2, 0.25) is 0 Å². The quantitative estimate of drug-likeness (QED) is 0.155. The molecule has 9 nitrogen and oxygen atoms in total. The normalized spacial score (nSPS) is 11.8. The molecule has 180 valence electrons. The van der Waals surface area contributed by atoms with Crippen LogP contribution in [0.15, 0.2) is 48.5 Å². The molecule has 0 heterocycles. The van der Waals surface area contributed by atoms with Gasteiger partial charge in [-0.3, -0.25) is 20.1 Å². The van der Waals surface area contributed by atoms with Gasteiger partial charge in [0.05, 0.1) is 26.1 Å². The molecular formula is C24H30O9. The highest BCUT2D eigenvalue weighted by Gasteiger charge is 2.22. The first kappa shape index (κ1) is 26.4. The summed E-state index contributed by atoms with van der Waals surface area (Å²) in [6, 6.07) is 13.2. The molecule has 0 radical (unpaired) electrons. The molecule has 0 aromatic heterocycles. The zero-order valence-electron chi connectivity index (χ0n) is 19.2. The van der Waals surface area contributed by atoms with Crippen LogP contribution in [-0.4, -0.2) is 35.7 Å². The average Bonchev–Trinajstić information content (AvgIpc) is 2.79. The lowest BCUT2D eigenvalue weighted by molar-refractivity contribution is -0.318. The van der Waals surface area contributed by atoms with E-state index in [4.69, 9.17) is 24.7 Å². The summed E-state index contributed by atoms with van der Waals surface area (Å²) in [7, 11) is 0. The highest BCUT2D eigenvalue weighted by molar-refractivity contribution is 5.73. The van der Waals surface area contributed by atoms with Gasteiger partial charge in [-0.2, -0.15) is 0 Å². The van der Waals surface area contributed by atoms with Crippen LogP contribution >= 0.6 is 0 Å². The molecule has 2 N–H and O–H groups in total. The molecule has 0 saturated heterocycles. The van der Waals surface area contributed by atoms with E-state index in [-0.39, 0.29) is 26.1 Å². The molecule has 0 fully saturated rings. The van der Waals surface area contributed by atoms with Crippen LogP contribution in [0, 0.1) is 0 Å². The summed E-state index contributed by atoms with van der Waals surface area (Å²) < 4.78 is 15.8. The van der Waals surface area contributed by atoms with E-state index < -0.39 is 23.1 Å². The highest BCUT2D eigenvalue weighted by atomic mass is 17.1. The smallest absolute Gasteiger partial charge is 0.313 e. The molecule has 0 bridgehead atoms. The highest BCUT2D eigenvalue weighted by Crippen LogP contribution is 2.26. The van der Waals surface area contributed by atoms with Crippen LogP contribution in [-0.2, 0) is 35.3 Å². The fraction of sp³-hybridized carbons (Fsp3) is 0.417. The third-order valence-electron chi connectivity index (χ3n) is 4.92. The summed E-state index contributed by atoms with van der Waals surface area (Å²) in [5, 5.41) is 17.8. The number of carbonyl (C=O) groups excluding carboxylic acids is 2. The number of carbonyl (C=O) groups is 2. The Morgan fingerprint density at radius 2 is 1.00 bits per heavy atom. The van der Waals surface area contributed by atoms with Gasteiger partial charge in [-0.25, -0.2) is 9.78 Å². The Labute approximate surface area is 192 Å². The third-order valence-corrected chi connectivity index (χ3v) is 4.92.